The average Bonchev–Trinajstić information content (AvgIpc) is 3.27. The van der Waals surface area contributed by atoms with Gasteiger partial charge in [0.15, 0.2) is 0 Å². The number of nitrogens with one attached hydrogen (secondary N) is 1. The summed E-state index contributed by atoms with van der Waals surface area (Å²) in [5.74, 6) is 0.987. The van der Waals surface area contributed by atoms with Crippen LogP contribution in [0.5, 0.6) is 0 Å². The van der Waals surface area contributed by atoms with Crippen LogP contribution in [0.2, 0.25) is 0 Å². The van der Waals surface area contributed by atoms with Crippen LogP contribution >= 0.6 is 11.8 Å². The van der Waals surface area contributed by atoms with Gasteiger partial charge in [-0.15, -0.1) is 11.8 Å². The molecule has 0 bridgehead atoms. The van der Waals surface area contributed by atoms with Crippen LogP contribution in [0.4, 0.5) is 11.4 Å². The molecule has 2 aliphatic heterocycles. The first kappa shape index (κ1) is 16.9. The molecule has 0 radical (unpaired) electrons. The molecule has 0 spiro atoms. The van der Waals surface area contributed by atoms with Crippen LogP contribution in [0, 0.1) is 0 Å². The Hall–Kier alpha value is -1.95. The molecule has 24 heavy (non-hydrogen) atoms. The maximum absolute atomic E-state index is 12.6. The summed E-state index contributed by atoms with van der Waals surface area (Å²) in [5, 5.41) is 2.98. The van der Waals surface area contributed by atoms with Gasteiger partial charge in [0.2, 0.25) is 11.8 Å². The highest BCUT2D eigenvalue weighted by Gasteiger charge is 2.33. The molecule has 1 aromatic rings. The molecule has 0 aliphatic carbocycles. The fourth-order valence-corrected chi connectivity index (χ4v) is 4.26. The van der Waals surface area contributed by atoms with Gasteiger partial charge in [-0.25, -0.2) is 0 Å². The molecule has 1 atom stereocenters. The van der Waals surface area contributed by atoms with E-state index in [1.807, 2.05) is 18.2 Å². The minimum absolute atomic E-state index is 0.103. The van der Waals surface area contributed by atoms with Crippen molar-refractivity contribution in [2.75, 3.05) is 34.9 Å². The van der Waals surface area contributed by atoms with Crippen LogP contribution in [-0.4, -0.2) is 47.5 Å². The van der Waals surface area contributed by atoms with Crippen molar-refractivity contribution >= 4 is 35.0 Å². The topological polar surface area (TPSA) is 52.7 Å². The summed E-state index contributed by atoms with van der Waals surface area (Å²) in [7, 11) is 0. The Morgan fingerprint density at radius 3 is 2.83 bits per heavy atom. The van der Waals surface area contributed by atoms with E-state index < -0.39 is 6.04 Å². The van der Waals surface area contributed by atoms with Gasteiger partial charge in [0.05, 0.1) is 5.88 Å². The van der Waals surface area contributed by atoms with Crippen molar-refractivity contribution in [2.45, 2.75) is 25.8 Å². The Bertz CT molecular complexity index is 641. The number of carbonyl (C=O) groups is 2. The molecule has 2 saturated heterocycles. The lowest BCUT2D eigenvalue weighted by atomic mass is 10.2. The lowest BCUT2D eigenvalue weighted by Gasteiger charge is -2.22. The zero-order valence-electron chi connectivity index (χ0n) is 13.9. The summed E-state index contributed by atoms with van der Waals surface area (Å²) >= 11 is 1.61. The first-order chi connectivity index (χ1) is 11.7. The predicted octanol–water partition coefficient (Wildman–Crippen LogP) is 2.70. The summed E-state index contributed by atoms with van der Waals surface area (Å²) in [5.41, 5.74) is 1.94. The highest BCUT2D eigenvalue weighted by atomic mass is 32.2. The fraction of sp³-hybridized carbons (Fsp3) is 0.444. The average molecular weight is 345 g/mol. The van der Waals surface area contributed by atoms with E-state index in [2.05, 4.69) is 16.3 Å². The second kappa shape index (κ2) is 7.75. The van der Waals surface area contributed by atoms with Crippen molar-refractivity contribution in [1.82, 2.24) is 4.90 Å². The monoisotopic (exact) mass is 345 g/mol. The Kier molecular flexibility index (Phi) is 5.45. The molecular weight excluding hydrogens is 322 g/mol. The molecule has 0 aromatic heterocycles. The lowest BCUT2D eigenvalue weighted by molar-refractivity contribution is -0.132. The van der Waals surface area contributed by atoms with E-state index in [0.29, 0.717) is 11.6 Å². The number of benzene rings is 1. The van der Waals surface area contributed by atoms with E-state index in [9.17, 15) is 9.59 Å². The van der Waals surface area contributed by atoms with Gasteiger partial charge in [-0.05, 0) is 44.0 Å². The first-order valence-corrected chi connectivity index (χ1v) is 9.51. The maximum atomic E-state index is 12.6. The van der Waals surface area contributed by atoms with Crippen LogP contribution in [-0.2, 0) is 9.59 Å². The number of allylic oxidation sites excluding steroid dienone is 1. The Labute approximate surface area is 147 Å². The largest absolute Gasteiger partial charge is 0.371 e. The third-order valence-electron chi connectivity index (χ3n) is 4.36. The second-order valence-corrected chi connectivity index (χ2v) is 7.06. The molecular formula is C18H23N3O2S. The second-order valence-electron chi connectivity index (χ2n) is 6.06. The minimum atomic E-state index is -0.408. The Morgan fingerprint density at radius 2 is 2.08 bits per heavy atom. The molecule has 2 amide bonds. The number of carbonyl (C=O) groups excluding carboxylic acids is 2. The maximum Gasteiger partial charge on any atom is 0.248 e. The van der Waals surface area contributed by atoms with E-state index in [1.54, 1.807) is 29.7 Å². The van der Waals surface area contributed by atoms with Crippen LogP contribution in [0.3, 0.4) is 0 Å². The van der Waals surface area contributed by atoms with E-state index in [4.69, 9.17) is 0 Å². The minimum Gasteiger partial charge on any atom is -0.371 e. The Morgan fingerprint density at radius 1 is 1.29 bits per heavy atom. The molecule has 1 N–H and O–H groups in total. The zero-order chi connectivity index (χ0) is 16.9. The van der Waals surface area contributed by atoms with Crippen molar-refractivity contribution in [3.63, 3.8) is 0 Å². The van der Waals surface area contributed by atoms with Crippen molar-refractivity contribution in [3.8, 4) is 0 Å². The molecule has 2 aliphatic rings. The van der Waals surface area contributed by atoms with Crippen molar-refractivity contribution < 1.29 is 9.59 Å². The van der Waals surface area contributed by atoms with Gasteiger partial charge < -0.3 is 15.1 Å². The molecule has 1 aromatic carbocycles. The molecule has 0 saturated carbocycles. The summed E-state index contributed by atoms with van der Waals surface area (Å²) in [4.78, 5) is 28.7. The van der Waals surface area contributed by atoms with E-state index in [1.165, 1.54) is 18.9 Å². The van der Waals surface area contributed by atoms with E-state index in [-0.39, 0.29) is 11.8 Å². The van der Waals surface area contributed by atoms with E-state index >= 15 is 0 Å². The number of nitrogens with zero attached hydrogens (tertiary/aromatic N) is 2. The first-order valence-electron chi connectivity index (χ1n) is 8.36. The van der Waals surface area contributed by atoms with Gasteiger partial charge in [-0.2, -0.15) is 0 Å². The summed E-state index contributed by atoms with van der Waals surface area (Å²) < 4.78 is 0. The number of hydrogen-bond acceptors (Lipinski definition) is 4. The van der Waals surface area contributed by atoms with E-state index in [0.717, 1.165) is 24.5 Å². The molecule has 3 rings (SSSR count). The molecule has 1 unspecified atom stereocenters. The number of amides is 2. The standard InChI is InChI=1S/C18H23N3O2S/c1-2-6-17(22)21-13-24-12-16(21)18(23)19-14-7-5-8-15(11-14)20-9-3-4-10-20/h2,5-8,11,16H,3-4,9-10,12-13H2,1H3,(H,19,23). The van der Waals surface area contributed by atoms with Gasteiger partial charge in [-0.1, -0.05) is 12.1 Å². The molecule has 2 fully saturated rings. The third kappa shape index (κ3) is 3.75. The van der Waals surface area contributed by atoms with Crippen LogP contribution in [0.25, 0.3) is 0 Å². The molecule has 5 nitrogen and oxygen atoms in total. The molecule has 2 heterocycles. The number of hydrogen-bond donors (Lipinski definition) is 1. The lowest BCUT2D eigenvalue weighted by Crippen LogP contribution is -2.43. The van der Waals surface area contributed by atoms with Gasteiger partial charge in [-0.3, -0.25) is 9.59 Å². The SMILES string of the molecule is CC=CC(=O)N1CSCC1C(=O)Nc1cccc(N2CCCC2)c1. The smallest absolute Gasteiger partial charge is 0.248 e. The fourth-order valence-electron chi connectivity index (χ4n) is 3.10. The van der Waals surface area contributed by atoms with Gasteiger partial charge in [0.1, 0.15) is 6.04 Å². The summed E-state index contributed by atoms with van der Waals surface area (Å²) in [6, 6.07) is 7.55. The zero-order valence-corrected chi connectivity index (χ0v) is 14.7. The van der Waals surface area contributed by atoms with Crippen molar-refractivity contribution in [2.24, 2.45) is 0 Å². The number of anilines is 2. The Balaban J connectivity index is 1.68. The number of thioether (sulfide) groups is 1. The van der Waals surface area contributed by atoms with Crippen molar-refractivity contribution in [1.29, 1.82) is 0 Å². The summed E-state index contributed by atoms with van der Waals surface area (Å²) in [6.07, 6.45) is 5.66. The van der Waals surface area contributed by atoms with Crippen molar-refractivity contribution in [3.05, 3.63) is 36.4 Å². The van der Waals surface area contributed by atoms with Gasteiger partial charge in [0.25, 0.3) is 0 Å². The normalized spacial score (nSPS) is 20.8. The molecule has 128 valence electrons. The predicted molar refractivity (Wildman–Crippen MR) is 99.3 cm³/mol. The van der Waals surface area contributed by atoms with Crippen LogP contribution < -0.4 is 10.2 Å². The third-order valence-corrected chi connectivity index (χ3v) is 5.37. The highest BCUT2D eigenvalue weighted by Crippen LogP contribution is 2.25. The van der Waals surface area contributed by atoms with Crippen LogP contribution in [0.1, 0.15) is 19.8 Å². The van der Waals surface area contributed by atoms with Gasteiger partial charge in [0, 0.05) is 30.2 Å². The molecule has 6 heteroatoms. The van der Waals surface area contributed by atoms with Gasteiger partial charge >= 0.3 is 0 Å². The quantitative estimate of drug-likeness (QED) is 0.853. The summed E-state index contributed by atoms with van der Waals surface area (Å²) in [6.45, 7) is 3.95. The van der Waals surface area contributed by atoms with Crippen LogP contribution in [0.15, 0.2) is 36.4 Å². The number of rotatable bonds is 4. The highest BCUT2D eigenvalue weighted by molar-refractivity contribution is 7.99.